The van der Waals surface area contributed by atoms with E-state index in [1.54, 1.807) is 12.3 Å². The summed E-state index contributed by atoms with van der Waals surface area (Å²) >= 11 is 0. The lowest BCUT2D eigenvalue weighted by Crippen LogP contribution is -2.22. The Hall–Kier alpha value is -3.17. The van der Waals surface area contributed by atoms with Crippen molar-refractivity contribution < 1.29 is 22.6 Å². The summed E-state index contributed by atoms with van der Waals surface area (Å²) in [5.74, 6) is 1.11. The molecule has 4 rings (SSSR count). The first-order chi connectivity index (χ1) is 17.6. The van der Waals surface area contributed by atoms with Gasteiger partial charge in [-0.1, -0.05) is 56.0 Å². The zero-order valence-electron chi connectivity index (χ0n) is 21.4. The molecule has 0 fully saturated rings. The van der Waals surface area contributed by atoms with E-state index < -0.39 is 19.9 Å². The van der Waals surface area contributed by atoms with E-state index >= 15 is 0 Å². The van der Waals surface area contributed by atoms with Crippen molar-refractivity contribution in [2.24, 2.45) is 0 Å². The lowest BCUT2D eigenvalue weighted by atomic mass is 10.00. The molecule has 0 unspecified atom stereocenters. The second-order valence-corrected chi connectivity index (χ2v) is 15.9. The van der Waals surface area contributed by atoms with E-state index in [0.717, 1.165) is 47.7 Å². The molecule has 1 aliphatic carbocycles. The Kier molecular flexibility index (Phi) is 8.34. The minimum absolute atomic E-state index is 0.00630. The molecule has 2 aromatic heterocycles. The predicted molar refractivity (Wildman–Crippen MR) is 141 cm³/mol. The number of halogens is 3. The maximum atomic E-state index is 13.4. The highest BCUT2D eigenvalue weighted by Gasteiger charge is 2.35. The first kappa shape index (κ1) is 26.9. The number of ether oxygens (including phenoxy) is 2. The third-order valence-corrected chi connectivity index (χ3v) is 7.73. The van der Waals surface area contributed by atoms with Gasteiger partial charge in [0.25, 0.3) is 0 Å². The number of benzene rings is 1. The Morgan fingerprint density at radius 2 is 1.78 bits per heavy atom. The fraction of sp³-hybridized carbons (Fsp3) is 0.357. The van der Waals surface area contributed by atoms with E-state index in [9.17, 15) is 13.2 Å². The van der Waals surface area contributed by atoms with Crippen molar-refractivity contribution in [2.45, 2.75) is 58.0 Å². The van der Waals surface area contributed by atoms with Gasteiger partial charge >= 0.3 is 6.18 Å². The van der Waals surface area contributed by atoms with Crippen molar-refractivity contribution in [3.8, 4) is 11.4 Å². The van der Waals surface area contributed by atoms with Crippen LogP contribution in [0.15, 0.2) is 72.8 Å². The number of allylic oxidation sites excluding steroid dienone is 4. The van der Waals surface area contributed by atoms with Gasteiger partial charge in [0.15, 0.2) is 5.69 Å². The number of aromatic nitrogens is 3. The van der Waals surface area contributed by atoms with Crippen LogP contribution in [0.5, 0.6) is 0 Å². The Morgan fingerprint density at radius 3 is 2.41 bits per heavy atom. The summed E-state index contributed by atoms with van der Waals surface area (Å²) < 4.78 is 53.2. The molecule has 2 heterocycles. The topological polar surface area (TPSA) is 49.2 Å². The van der Waals surface area contributed by atoms with E-state index in [-0.39, 0.29) is 12.6 Å². The highest BCUT2D eigenvalue weighted by molar-refractivity contribution is 6.76. The molecule has 0 bridgehead atoms. The van der Waals surface area contributed by atoms with Crippen LogP contribution in [0.3, 0.4) is 0 Å². The molecule has 37 heavy (non-hydrogen) atoms. The van der Waals surface area contributed by atoms with Crippen LogP contribution in [-0.2, 0) is 29.0 Å². The van der Waals surface area contributed by atoms with Crippen LogP contribution in [0.25, 0.3) is 17.0 Å². The SMILES string of the molecule is C[Si](C)(C)CCOCn1cc(C(F)(F)F)nc1-c1ccc(C2=CC=C(OCc3ccccc3)CC2)nc1. The number of alkyl halides is 3. The fourth-order valence-corrected chi connectivity index (χ4v) is 4.60. The number of hydrogen-bond donors (Lipinski definition) is 0. The van der Waals surface area contributed by atoms with E-state index in [1.165, 1.54) is 4.57 Å². The average Bonchev–Trinajstić information content (AvgIpc) is 3.31. The smallest absolute Gasteiger partial charge is 0.434 e. The molecule has 0 atom stereocenters. The molecule has 3 aromatic rings. The van der Waals surface area contributed by atoms with Gasteiger partial charge in [-0.3, -0.25) is 4.98 Å². The first-order valence-corrected chi connectivity index (χ1v) is 16.0. The van der Waals surface area contributed by atoms with Crippen LogP contribution in [0.2, 0.25) is 25.7 Å². The molecule has 0 amide bonds. The van der Waals surface area contributed by atoms with Gasteiger partial charge in [-0.25, -0.2) is 4.98 Å². The van der Waals surface area contributed by atoms with Gasteiger partial charge in [-0.15, -0.1) is 0 Å². The average molecular weight is 528 g/mol. The van der Waals surface area contributed by atoms with Gasteiger partial charge < -0.3 is 14.0 Å². The third-order valence-electron chi connectivity index (χ3n) is 6.02. The number of hydrogen-bond acceptors (Lipinski definition) is 4. The summed E-state index contributed by atoms with van der Waals surface area (Å²) in [5, 5.41) is 0. The molecule has 0 spiro atoms. The normalized spacial score (nSPS) is 14.3. The van der Waals surface area contributed by atoms with E-state index in [0.29, 0.717) is 18.8 Å². The number of imidazole rings is 1. The lowest BCUT2D eigenvalue weighted by molar-refractivity contribution is -0.141. The number of rotatable bonds is 10. The minimum Gasteiger partial charge on any atom is -0.493 e. The van der Waals surface area contributed by atoms with E-state index in [4.69, 9.17) is 9.47 Å². The highest BCUT2D eigenvalue weighted by Crippen LogP contribution is 2.32. The maximum absolute atomic E-state index is 13.4. The maximum Gasteiger partial charge on any atom is 0.434 e. The van der Waals surface area contributed by atoms with Crippen LogP contribution >= 0.6 is 0 Å². The molecular weight excluding hydrogens is 495 g/mol. The summed E-state index contributed by atoms with van der Waals surface area (Å²) in [6, 6.07) is 14.5. The molecule has 0 N–H and O–H groups in total. The van der Waals surface area contributed by atoms with Crippen molar-refractivity contribution in [1.82, 2.24) is 14.5 Å². The van der Waals surface area contributed by atoms with Crippen molar-refractivity contribution in [3.63, 3.8) is 0 Å². The zero-order chi connectivity index (χ0) is 26.5. The summed E-state index contributed by atoms with van der Waals surface area (Å²) in [6.45, 7) is 7.71. The molecular formula is C28H32F3N3O2Si. The van der Waals surface area contributed by atoms with Crippen molar-refractivity contribution >= 4 is 13.6 Å². The largest absolute Gasteiger partial charge is 0.493 e. The van der Waals surface area contributed by atoms with Gasteiger partial charge in [-0.05, 0) is 41.8 Å². The Morgan fingerprint density at radius 1 is 1.00 bits per heavy atom. The van der Waals surface area contributed by atoms with Crippen LogP contribution < -0.4 is 0 Å². The van der Waals surface area contributed by atoms with E-state index in [2.05, 4.69) is 29.6 Å². The summed E-state index contributed by atoms with van der Waals surface area (Å²) in [5.41, 5.74) is 2.51. The van der Waals surface area contributed by atoms with Gasteiger partial charge in [0.2, 0.25) is 0 Å². The highest BCUT2D eigenvalue weighted by atomic mass is 28.3. The molecule has 0 radical (unpaired) electrons. The summed E-state index contributed by atoms with van der Waals surface area (Å²) in [4.78, 5) is 8.39. The second kappa shape index (κ2) is 11.5. The van der Waals surface area contributed by atoms with Crippen molar-refractivity contribution in [3.05, 3.63) is 89.7 Å². The number of pyridine rings is 1. The Labute approximate surface area is 216 Å². The zero-order valence-corrected chi connectivity index (χ0v) is 22.4. The van der Waals surface area contributed by atoms with Gasteiger partial charge in [0, 0.05) is 39.1 Å². The van der Waals surface area contributed by atoms with Gasteiger partial charge in [0.1, 0.15) is 19.2 Å². The summed E-state index contributed by atoms with van der Waals surface area (Å²) in [7, 11) is -1.30. The third kappa shape index (κ3) is 7.66. The molecule has 9 heteroatoms. The Balaban J connectivity index is 1.45. The van der Waals surface area contributed by atoms with Crippen molar-refractivity contribution in [2.75, 3.05) is 6.61 Å². The molecule has 0 aliphatic heterocycles. The molecule has 0 saturated heterocycles. The monoisotopic (exact) mass is 527 g/mol. The predicted octanol–water partition coefficient (Wildman–Crippen LogP) is 7.55. The molecule has 1 aliphatic rings. The van der Waals surface area contributed by atoms with Crippen LogP contribution in [-0.4, -0.2) is 29.2 Å². The molecule has 5 nitrogen and oxygen atoms in total. The van der Waals surface area contributed by atoms with Crippen LogP contribution in [0.1, 0.15) is 29.8 Å². The van der Waals surface area contributed by atoms with Crippen LogP contribution in [0, 0.1) is 0 Å². The van der Waals surface area contributed by atoms with Crippen molar-refractivity contribution in [1.29, 1.82) is 0 Å². The van der Waals surface area contributed by atoms with Gasteiger partial charge in [0.05, 0.1) is 11.5 Å². The quantitative estimate of drug-likeness (QED) is 0.202. The standard InChI is InChI=1S/C28H32F3N3O2Si/c1-37(2,3)16-15-35-20-34-18-26(28(29,30)31)33-27(34)23-11-14-25(32-17-23)22-9-12-24(13-10-22)36-19-21-7-5-4-6-8-21/h4-9,11-12,14,17-18H,10,13,15-16,19-20H2,1-3H3. The Bertz CT molecular complexity index is 1240. The minimum atomic E-state index is -4.54. The number of nitrogens with zero attached hydrogens (tertiary/aromatic N) is 3. The fourth-order valence-electron chi connectivity index (χ4n) is 3.84. The lowest BCUT2D eigenvalue weighted by Gasteiger charge is -2.16. The molecule has 196 valence electrons. The second-order valence-electron chi connectivity index (χ2n) is 10.3. The summed E-state index contributed by atoms with van der Waals surface area (Å²) in [6.07, 6.45) is 3.51. The molecule has 1 aromatic carbocycles. The first-order valence-electron chi connectivity index (χ1n) is 12.3. The van der Waals surface area contributed by atoms with Crippen LogP contribution in [0.4, 0.5) is 13.2 Å². The van der Waals surface area contributed by atoms with E-state index in [1.807, 2.05) is 48.6 Å². The molecule has 0 saturated carbocycles. The van der Waals surface area contributed by atoms with Gasteiger partial charge in [-0.2, -0.15) is 13.2 Å².